The van der Waals surface area contributed by atoms with E-state index >= 15 is 0 Å². The summed E-state index contributed by atoms with van der Waals surface area (Å²) in [5.41, 5.74) is 0.935. The van der Waals surface area contributed by atoms with Gasteiger partial charge in [0.05, 0.1) is 18.7 Å². The van der Waals surface area contributed by atoms with E-state index in [-0.39, 0.29) is 10.2 Å². The van der Waals surface area contributed by atoms with Gasteiger partial charge >= 0.3 is 0 Å². The number of methoxy groups -OCH3 is 2. The molecule has 0 aliphatic rings. The van der Waals surface area contributed by atoms with Crippen molar-refractivity contribution in [3.63, 3.8) is 0 Å². The summed E-state index contributed by atoms with van der Waals surface area (Å²) < 4.78 is 24.2. The van der Waals surface area contributed by atoms with Gasteiger partial charge in [-0.2, -0.15) is 0 Å². The maximum atomic E-state index is 13.6. The van der Waals surface area contributed by atoms with Crippen LogP contribution in [0, 0.1) is 5.82 Å². The Morgan fingerprint density at radius 1 is 1.10 bits per heavy atom. The fourth-order valence-electron chi connectivity index (χ4n) is 2.01. The second kappa shape index (κ2) is 6.64. The lowest BCUT2D eigenvalue weighted by Crippen LogP contribution is -2.05. The molecule has 0 amide bonds. The number of halogens is 3. The molecule has 0 saturated heterocycles. The topological polar surface area (TPSA) is 38.7 Å². The Morgan fingerprint density at radius 2 is 1.71 bits per heavy atom. The summed E-state index contributed by atoms with van der Waals surface area (Å²) in [7, 11) is 2.90. The Balaban J connectivity index is 2.54. The average Bonchev–Trinajstić information content (AvgIpc) is 2.48. The summed E-state index contributed by atoms with van der Waals surface area (Å²) >= 11 is 9.01. The van der Waals surface area contributed by atoms with Crippen LogP contribution in [0.4, 0.5) is 4.39 Å². The highest BCUT2D eigenvalue weighted by atomic mass is 79.9. The van der Waals surface area contributed by atoms with Crippen LogP contribution in [-0.4, -0.2) is 19.3 Å². The second-order valence-electron chi connectivity index (χ2n) is 4.30. The molecule has 112 valence electrons. The molecule has 6 heteroatoms. The van der Waals surface area contributed by atoms with E-state index in [1.54, 1.807) is 18.2 Å². The van der Waals surface area contributed by atoms with E-state index in [0.29, 0.717) is 21.9 Å². The quantitative estimate of drug-likeness (QED) is 0.864. The van der Waals surface area contributed by atoms with Crippen LogP contribution < -0.4 is 9.47 Å². The Bertz CT molecular complexity index is 664. The van der Waals surface area contributed by atoms with E-state index in [9.17, 15) is 9.50 Å². The molecule has 0 heterocycles. The van der Waals surface area contributed by atoms with Gasteiger partial charge in [0.1, 0.15) is 23.4 Å². The largest absolute Gasteiger partial charge is 0.496 e. The molecule has 2 aromatic carbocycles. The van der Waals surface area contributed by atoms with E-state index in [2.05, 4.69) is 15.9 Å². The molecule has 0 fully saturated rings. The zero-order chi connectivity index (χ0) is 15.6. The first-order valence-electron chi connectivity index (χ1n) is 6.02. The monoisotopic (exact) mass is 374 g/mol. The van der Waals surface area contributed by atoms with Crippen LogP contribution in [0.2, 0.25) is 5.02 Å². The molecule has 2 rings (SSSR count). The predicted octanol–water partition coefficient (Wildman–Crippen LogP) is 4.34. The lowest BCUT2D eigenvalue weighted by atomic mass is 9.99. The maximum Gasteiger partial charge on any atom is 0.141 e. The minimum atomic E-state index is -1.04. The van der Waals surface area contributed by atoms with Crippen LogP contribution >= 0.6 is 27.5 Å². The Kier molecular flexibility index (Phi) is 5.08. The van der Waals surface area contributed by atoms with Gasteiger partial charge in [-0.15, -0.1) is 0 Å². The van der Waals surface area contributed by atoms with Gasteiger partial charge in [0.25, 0.3) is 0 Å². The zero-order valence-corrected chi connectivity index (χ0v) is 13.7. The molecule has 3 nitrogen and oxygen atoms in total. The first-order chi connectivity index (χ1) is 9.97. The lowest BCUT2D eigenvalue weighted by molar-refractivity contribution is 0.209. The second-order valence-corrected chi connectivity index (χ2v) is 5.59. The van der Waals surface area contributed by atoms with Gasteiger partial charge in [0.2, 0.25) is 0 Å². The summed E-state index contributed by atoms with van der Waals surface area (Å²) in [6.45, 7) is 0. The summed E-state index contributed by atoms with van der Waals surface area (Å²) in [6, 6.07) is 7.60. The Morgan fingerprint density at radius 3 is 2.33 bits per heavy atom. The van der Waals surface area contributed by atoms with Gasteiger partial charge in [-0.1, -0.05) is 17.7 Å². The molecule has 0 radical (unpaired) electrons. The van der Waals surface area contributed by atoms with E-state index in [1.165, 1.54) is 26.4 Å². The van der Waals surface area contributed by atoms with E-state index in [1.807, 2.05) is 0 Å². The number of ether oxygens (including phenoxy) is 2. The van der Waals surface area contributed by atoms with Crippen molar-refractivity contribution in [2.45, 2.75) is 6.10 Å². The van der Waals surface area contributed by atoms with Crippen molar-refractivity contribution in [3.8, 4) is 11.5 Å². The van der Waals surface area contributed by atoms with Gasteiger partial charge in [-0.3, -0.25) is 0 Å². The van der Waals surface area contributed by atoms with Crippen LogP contribution in [0.15, 0.2) is 34.8 Å². The van der Waals surface area contributed by atoms with E-state index < -0.39 is 11.9 Å². The van der Waals surface area contributed by atoms with Crippen molar-refractivity contribution in [2.24, 2.45) is 0 Å². The number of aliphatic hydroxyl groups excluding tert-OH is 1. The minimum absolute atomic E-state index is 0.241. The van der Waals surface area contributed by atoms with Crippen LogP contribution in [0.5, 0.6) is 11.5 Å². The number of hydrogen-bond donors (Lipinski definition) is 1. The molecule has 21 heavy (non-hydrogen) atoms. The van der Waals surface area contributed by atoms with Gasteiger partial charge in [-0.05, 0) is 34.1 Å². The number of benzene rings is 2. The molecule has 1 N–H and O–H groups in total. The lowest BCUT2D eigenvalue weighted by Gasteiger charge is -2.18. The highest BCUT2D eigenvalue weighted by molar-refractivity contribution is 9.10. The van der Waals surface area contributed by atoms with Gasteiger partial charge in [0, 0.05) is 22.2 Å². The Hall–Kier alpha value is -1.30. The van der Waals surface area contributed by atoms with Crippen molar-refractivity contribution in [1.82, 2.24) is 0 Å². The van der Waals surface area contributed by atoms with Crippen molar-refractivity contribution < 1.29 is 19.0 Å². The summed E-state index contributed by atoms with van der Waals surface area (Å²) in [5, 5.41) is 11.1. The Labute approximate surface area is 135 Å². The molecule has 0 aliphatic heterocycles. The van der Waals surface area contributed by atoms with E-state index in [0.717, 1.165) is 0 Å². The number of rotatable bonds is 4. The van der Waals surface area contributed by atoms with Crippen LogP contribution in [0.25, 0.3) is 0 Å². The molecule has 0 aromatic heterocycles. The molecule has 0 bridgehead atoms. The summed E-state index contributed by atoms with van der Waals surface area (Å²) in [5.74, 6) is 0.226. The summed E-state index contributed by atoms with van der Waals surface area (Å²) in [4.78, 5) is 0. The highest BCUT2D eigenvalue weighted by Gasteiger charge is 2.21. The SMILES string of the molecule is COc1cc(Cl)ccc1C(O)c1cc(Br)c(F)cc1OC. The molecule has 2 aromatic rings. The normalized spacial score (nSPS) is 12.1. The third-order valence-electron chi connectivity index (χ3n) is 3.06. The fourth-order valence-corrected chi connectivity index (χ4v) is 2.54. The molecule has 0 spiro atoms. The third kappa shape index (κ3) is 3.31. The molecule has 0 aliphatic carbocycles. The molecule has 1 unspecified atom stereocenters. The number of hydrogen-bond acceptors (Lipinski definition) is 3. The van der Waals surface area contributed by atoms with Crippen molar-refractivity contribution in [2.75, 3.05) is 14.2 Å². The minimum Gasteiger partial charge on any atom is -0.496 e. The molecular weight excluding hydrogens is 363 g/mol. The predicted molar refractivity (Wildman–Crippen MR) is 82.7 cm³/mol. The number of aliphatic hydroxyl groups is 1. The highest BCUT2D eigenvalue weighted by Crippen LogP contribution is 2.38. The summed E-state index contributed by atoms with van der Waals surface area (Å²) in [6.07, 6.45) is -1.04. The van der Waals surface area contributed by atoms with Crippen molar-refractivity contribution >= 4 is 27.5 Å². The van der Waals surface area contributed by atoms with Crippen LogP contribution in [-0.2, 0) is 0 Å². The molecule has 0 saturated carbocycles. The maximum absolute atomic E-state index is 13.6. The van der Waals surface area contributed by atoms with Gasteiger partial charge < -0.3 is 14.6 Å². The van der Waals surface area contributed by atoms with Crippen LogP contribution in [0.1, 0.15) is 17.2 Å². The smallest absolute Gasteiger partial charge is 0.141 e. The van der Waals surface area contributed by atoms with Gasteiger partial charge in [0.15, 0.2) is 0 Å². The molecule has 1 atom stereocenters. The van der Waals surface area contributed by atoms with Crippen LogP contribution in [0.3, 0.4) is 0 Å². The van der Waals surface area contributed by atoms with E-state index in [4.69, 9.17) is 21.1 Å². The van der Waals surface area contributed by atoms with Crippen molar-refractivity contribution in [1.29, 1.82) is 0 Å². The third-order valence-corrected chi connectivity index (χ3v) is 3.90. The average molecular weight is 376 g/mol. The first-order valence-corrected chi connectivity index (χ1v) is 7.19. The van der Waals surface area contributed by atoms with Gasteiger partial charge in [-0.25, -0.2) is 4.39 Å². The fraction of sp³-hybridized carbons (Fsp3) is 0.200. The molecular formula is C15H13BrClFO3. The van der Waals surface area contributed by atoms with Crippen molar-refractivity contribution in [3.05, 3.63) is 56.8 Å². The first kappa shape index (κ1) is 16.1. The zero-order valence-electron chi connectivity index (χ0n) is 11.4. The standard InChI is InChI=1S/C15H13BrClFO3/c1-20-13-5-8(17)3-4-9(13)15(19)10-6-11(16)12(18)7-14(10)21-2/h3-7,15,19H,1-2H3.